The highest BCUT2D eigenvalue weighted by Crippen LogP contribution is 2.47. The second-order valence-electron chi connectivity index (χ2n) is 9.47. The fraction of sp³-hybridized carbons (Fsp3) is 0.478. The van der Waals surface area contributed by atoms with E-state index >= 15 is 0 Å². The van der Waals surface area contributed by atoms with Crippen molar-refractivity contribution in [2.45, 2.75) is 63.7 Å². The minimum atomic E-state index is -4.18. The molecule has 1 aliphatic rings. The first-order valence-corrected chi connectivity index (χ1v) is 13.5. The van der Waals surface area contributed by atoms with Crippen LogP contribution in [-0.2, 0) is 23.4 Å². The number of aliphatic hydroxyl groups excluding tert-OH is 1. The van der Waals surface area contributed by atoms with Gasteiger partial charge in [-0.3, -0.25) is 9.32 Å². The summed E-state index contributed by atoms with van der Waals surface area (Å²) in [6, 6.07) is 7.29. The normalized spacial score (nSPS) is 25.8. The zero-order valence-electron chi connectivity index (χ0n) is 21.4. The van der Waals surface area contributed by atoms with E-state index in [-0.39, 0.29) is 24.4 Å². The molecule has 38 heavy (non-hydrogen) atoms. The lowest BCUT2D eigenvalue weighted by Crippen LogP contribution is -2.51. The number of aromatic nitrogens is 4. The number of fused-ring (bicyclic) bond motifs is 1. The lowest BCUT2D eigenvalue weighted by molar-refractivity contribution is -0.149. The predicted octanol–water partition coefficient (Wildman–Crippen LogP) is 1.36. The Labute approximate surface area is 219 Å². The highest BCUT2D eigenvalue weighted by Gasteiger charge is 2.53. The van der Waals surface area contributed by atoms with Gasteiger partial charge in [0.2, 0.25) is 5.95 Å². The van der Waals surface area contributed by atoms with Gasteiger partial charge in [0.05, 0.1) is 24.4 Å². The number of carbonyl (C=O) groups is 1. The zero-order chi connectivity index (χ0) is 27.7. The lowest BCUT2D eigenvalue weighted by atomic mass is 9.87. The van der Waals surface area contributed by atoms with Crippen LogP contribution < -0.4 is 21.1 Å². The van der Waals surface area contributed by atoms with Crippen LogP contribution in [0.25, 0.3) is 5.65 Å². The van der Waals surface area contributed by atoms with Crippen molar-refractivity contribution in [3.8, 4) is 5.75 Å². The number of nitrogens with zero attached hydrogens (tertiary/aromatic N) is 4. The number of esters is 1. The van der Waals surface area contributed by atoms with Crippen molar-refractivity contribution in [1.82, 2.24) is 24.7 Å². The number of carbonyl (C=O) groups excluding carboxylic acids is 1. The molecule has 2 aromatic heterocycles. The number of anilines is 1. The van der Waals surface area contributed by atoms with Gasteiger partial charge in [0.1, 0.15) is 36.4 Å². The maximum absolute atomic E-state index is 13.8. The van der Waals surface area contributed by atoms with Crippen molar-refractivity contribution in [3.05, 3.63) is 48.4 Å². The molecule has 15 heteroatoms. The van der Waals surface area contributed by atoms with E-state index in [0.717, 1.165) is 0 Å². The summed E-state index contributed by atoms with van der Waals surface area (Å²) >= 11 is 0. The molecule has 0 radical (unpaired) electrons. The largest absolute Gasteiger partial charge is 0.462 e. The van der Waals surface area contributed by atoms with Crippen molar-refractivity contribution in [1.29, 1.82) is 0 Å². The fourth-order valence-electron chi connectivity index (χ4n) is 4.03. The summed E-state index contributed by atoms with van der Waals surface area (Å²) in [4.78, 5) is 20.5. The first-order valence-electron chi connectivity index (χ1n) is 12.0. The number of hydrogen-bond donors (Lipinski definition) is 4. The maximum Gasteiger partial charge on any atom is 0.459 e. The number of nitrogen functional groups attached to an aromatic ring is 1. The first-order chi connectivity index (χ1) is 17.9. The van der Waals surface area contributed by atoms with E-state index < -0.39 is 43.6 Å². The van der Waals surface area contributed by atoms with Gasteiger partial charge in [-0.2, -0.15) is 14.7 Å². The average Bonchev–Trinajstić information content (AvgIpc) is 3.37. The van der Waals surface area contributed by atoms with E-state index in [9.17, 15) is 14.5 Å². The van der Waals surface area contributed by atoms with Crippen LogP contribution in [0.5, 0.6) is 5.75 Å². The van der Waals surface area contributed by atoms with Gasteiger partial charge in [-0.25, -0.2) is 14.5 Å². The van der Waals surface area contributed by atoms with Gasteiger partial charge in [-0.1, -0.05) is 18.2 Å². The molecule has 3 heterocycles. The Hall–Kier alpha value is -3.13. The molecule has 1 aromatic carbocycles. The number of para-hydroxylation sites is 1. The Kier molecular flexibility index (Phi) is 8.02. The highest BCUT2D eigenvalue weighted by molar-refractivity contribution is 7.52. The number of aliphatic hydroxyl groups is 1. The molecule has 0 spiro atoms. The molecule has 0 aliphatic carbocycles. The Morgan fingerprint density at radius 1 is 1.29 bits per heavy atom. The monoisotopic (exact) mass is 549 g/mol. The number of rotatable bonds is 10. The van der Waals surface area contributed by atoms with Gasteiger partial charge in [-0.15, -0.1) is 0 Å². The van der Waals surface area contributed by atoms with Gasteiger partial charge in [0, 0.05) is 5.56 Å². The van der Waals surface area contributed by atoms with Crippen molar-refractivity contribution >= 4 is 25.3 Å². The molecular weight excluding hydrogens is 517 g/mol. The van der Waals surface area contributed by atoms with Crippen LogP contribution >= 0.6 is 7.75 Å². The second-order valence-corrected chi connectivity index (χ2v) is 11.2. The molecule has 6 N–H and O–H groups in total. The van der Waals surface area contributed by atoms with Gasteiger partial charge >= 0.3 is 13.7 Å². The van der Waals surface area contributed by atoms with Crippen molar-refractivity contribution < 1.29 is 33.0 Å². The molecule has 6 atom stereocenters. The molecule has 1 fully saturated rings. The Morgan fingerprint density at radius 2 is 2.00 bits per heavy atom. The molecule has 0 unspecified atom stereocenters. The Bertz CT molecular complexity index is 1320. The van der Waals surface area contributed by atoms with E-state index in [1.807, 2.05) is 0 Å². The number of hydrogen-bond acceptors (Lipinski definition) is 12. The van der Waals surface area contributed by atoms with Crippen LogP contribution in [0.3, 0.4) is 0 Å². The van der Waals surface area contributed by atoms with E-state index in [1.54, 1.807) is 51.1 Å². The summed E-state index contributed by atoms with van der Waals surface area (Å²) in [6.07, 6.45) is -0.723. The van der Waals surface area contributed by atoms with Gasteiger partial charge < -0.3 is 30.6 Å². The number of nitrogens with one attached hydrogen (secondary N) is 1. The summed E-state index contributed by atoms with van der Waals surface area (Å²) < 4.78 is 37.7. The van der Waals surface area contributed by atoms with Crippen LogP contribution in [0.2, 0.25) is 0 Å². The summed E-state index contributed by atoms with van der Waals surface area (Å²) in [6.45, 7) is 6.10. The van der Waals surface area contributed by atoms with Crippen LogP contribution in [0, 0.1) is 0 Å². The summed E-state index contributed by atoms with van der Waals surface area (Å²) in [5.74, 6) is -0.277. The number of nitrogens with two attached hydrogens (primary N) is 2. The molecule has 1 saturated heterocycles. The van der Waals surface area contributed by atoms with E-state index in [2.05, 4.69) is 20.2 Å². The quantitative estimate of drug-likeness (QED) is 0.209. The molecule has 206 valence electrons. The van der Waals surface area contributed by atoms with Crippen LogP contribution in [0.4, 0.5) is 5.95 Å². The molecule has 14 nitrogen and oxygen atoms in total. The van der Waals surface area contributed by atoms with E-state index in [4.69, 9.17) is 30.0 Å². The molecular formula is C23H32N7O7P. The van der Waals surface area contributed by atoms with Gasteiger partial charge in [0.15, 0.2) is 5.65 Å². The lowest BCUT2D eigenvalue weighted by Gasteiger charge is -2.27. The minimum Gasteiger partial charge on any atom is -0.462 e. The van der Waals surface area contributed by atoms with Crippen LogP contribution in [0.15, 0.2) is 42.9 Å². The van der Waals surface area contributed by atoms with Crippen LogP contribution in [0.1, 0.15) is 39.4 Å². The topological polar surface area (TPSA) is 198 Å². The first kappa shape index (κ1) is 27.9. The smallest absolute Gasteiger partial charge is 0.459 e. The Balaban J connectivity index is 1.54. The standard InChI is InChI=1S/C23H32N7O7P/c1-13(2)35-21(32)14(3)29-38(33,37-15-8-6-5-7-9-15)34-11-17-18(31)23(4,25)19(36-17)16-10-28-30-20(16)26-12-27-22(30)24/h5-10,12-14,17-19,31H,11,25H2,1-4H3,(H,29,33)(H2,24,26,27)/t14-,17+,18+,19+,23+,38+/m0/s1. The van der Waals surface area contributed by atoms with Crippen molar-refractivity contribution in [3.63, 3.8) is 0 Å². The SMILES string of the molecule is CC(C)OC(=O)[C@H](C)N[P@@](=O)(OC[C@H]1O[C@H](c2cnn3c(N)ncnc23)[C@](C)(N)[C@@H]1O)Oc1ccccc1. The summed E-state index contributed by atoms with van der Waals surface area (Å²) in [5, 5.41) is 17.8. The second kappa shape index (κ2) is 10.9. The predicted molar refractivity (Wildman–Crippen MR) is 136 cm³/mol. The maximum atomic E-state index is 13.8. The molecule has 0 bridgehead atoms. The highest BCUT2D eigenvalue weighted by atomic mass is 31.2. The van der Waals surface area contributed by atoms with E-state index in [1.165, 1.54) is 24.0 Å². The molecule has 1 aliphatic heterocycles. The molecule has 4 rings (SSSR count). The van der Waals surface area contributed by atoms with E-state index in [0.29, 0.717) is 11.2 Å². The third-order valence-electron chi connectivity index (χ3n) is 5.94. The zero-order valence-corrected chi connectivity index (χ0v) is 22.3. The van der Waals surface area contributed by atoms with Crippen LogP contribution in [-0.4, -0.2) is 67.2 Å². The summed E-state index contributed by atoms with van der Waals surface area (Å²) in [5.41, 5.74) is 11.9. The van der Waals surface area contributed by atoms with Crippen molar-refractivity contribution in [2.24, 2.45) is 5.73 Å². The summed E-state index contributed by atoms with van der Waals surface area (Å²) in [7, 11) is -4.18. The van der Waals surface area contributed by atoms with Crippen molar-refractivity contribution in [2.75, 3.05) is 12.3 Å². The Morgan fingerprint density at radius 3 is 2.68 bits per heavy atom. The minimum absolute atomic E-state index is 0.119. The molecule has 0 amide bonds. The number of ether oxygens (including phenoxy) is 2. The van der Waals surface area contributed by atoms with Gasteiger partial charge in [-0.05, 0) is 39.8 Å². The molecule has 3 aromatic rings. The number of benzene rings is 1. The fourth-order valence-corrected chi connectivity index (χ4v) is 5.53. The molecule has 0 saturated carbocycles. The third-order valence-corrected chi connectivity index (χ3v) is 7.58. The van der Waals surface area contributed by atoms with Gasteiger partial charge in [0.25, 0.3) is 0 Å². The average molecular weight is 550 g/mol. The third kappa shape index (κ3) is 5.80.